The van der Waals surface area contributed by atoms with Crippen LogP contribution in [0.5, 0.6) is 0 Å². The van der Waals surface area contributed by atoms with E-state index in [-0.39, 0.29) is 12.5 Å². The lowest BCUT2D eigenvalue weighted by atomic mass is 9.98. The van der Waals surface area contributed by atoms with E-state index in [1.54, 1.807) is 0 Å². The van der Waals surface area contributed by atoms with Gasteiger partial charge in [0.2, 0.25) is 5.91 Å². The molecule has 0 bridgehead atoms. The van der Waals surface area contributed by atoms with E-state index < -0.39 is 12.1 Å². The van der Waals surface area contributed by atoms with Crippen molar-refractivity contribution in [2.75, 3.05) is 25.1 Å². The van der Waals surface area contributed by atoms with Gasteiger partial charge in [0.1, 0.15) is 12.6 Å². The van der Waals surface area contributed by atoms with Gasteiger partial charge in [-0.3, -0.25) is 9.69 Å². The van der Waals surface area contributed by atoms with Crippen molar-refractivity contribution in [2.24, 2.45) is 0 Å². The summed E-state index contributed by atoms with van der Waals surface area (Å²) in [5, 5.41) is 5.48. The van der Waals surface area contributed by atoms with Gasteiger partial charge in [-0.15, -0.1) is 11.3 Å². The van der Waals surface area contributed by atoms with Crippen molar-refractivity contribution in [2.45, 2.75) is 44.2 Å². The largest absolute Gasteiger partial charge is 0.445 e. The number of nitrogens with zero attached hydrogens (tertiary/aromatic N) is 2. The Labute approximate surface area is 174 Å². The minimum Gasteiger partial charge on any atom is -0.445 e. The van der Waals surface area contributed by atoms with E-state index in [4.69, 9.17) is 9.47 Å². The number of hydrogen-bond donors (Lipinski definition) is 1. The van der Waals surface area contributed by atoms with Crippen molar-refractivity contribution in [1.82, 2.24) is 9.88 Å². The summed E-state index contributed by atoms with van der Waals surface area (Å²) in [6.45, 7) is 2.24. The van der Waals surface area contributed by atoms with Crippen LogP contribution in [0.4, 0.5) is 9.93 Å². The Bertz CT molecular complexity index is 835. The highest BCUT2D eigenvalue weighted by atomic mass is 32.1. The zero-order chi connectivity index (χ0) is 20.1. The summed E-state index contributed by atoms with van der Waals surface area (Å²) in [5.74, 6) is 0.189. The second-order valence-electron chi connectivity index (χ2n) is 7.35. The highest BCUT2D eigenvalue weighted by Crippen LogP contribution is 2.30. The van der Waals surface area contributed by atoms with Crippen molar-refractivity contribution >= 4 is 28.5 Å². The number of anilines is 1. The lowest BCUT2D eigenvalue weighted by Crippen LogP contribution is -2.43. The van der Waals surface area contributed by atoms with Crippen LogP contribution in [0.25, 0.3) is 0 Å². The number of rotatable bonds is 5. The van der Waals surface area contributed by atoms with E-state index in [9.17, 15) is 9.59 Å². The quantitative estimate of drug-likeness (QED) is 0.804. The van der Waals surface area contributed by atoms with E-state index >= 15 is 0 Å². The Morgan fingerprint density at radius 1 is 1.21 bits per heavy atom. The van der Waals surface area contributed by atoms with Gasteiger partial charge in [-0.1, -0.05) is 30.3 Å². The molecule has 154 valence electrons. The van der Waals surface area contributed by atoms with Crippen LogP contribution >= 0.6 is 11.3 Å². The molecule has 4 rings (SSSR count). The van der Waals surface area contributed by atoms with Gasteiger partial charge in [0.25, 0.3) is 0 Å². The monoisotopic (exact) mass is 415 g/mol. The molecular formula is C21H25N3O4S. The number of carbonyl (C=O) groups is 2. The zero-order valence-electron chi connectivity index (χ0n) is 16.2. The average molecular weight is 416 g/mol. The van der Waals surface area contributed by atoms with Gasteiger partial charge in [-0.2, -0.15) is 0 Å². The van der Waals surface area contributed by atoms with Crippen LogP contribution in [0.1, 0.15) is 42.9 Å². The highest BCUT2D eigenvalue weighted by molar-refractivity contribution is 7.13. The van der Waals surface area contributed by atoms with E-state index in [1.807, 2.05) is 35.7 Å². The fourth-order valence-corrected chi connectivity index (χ4v) is 4.57. The molecule has 2 saturated heterocycles. The third-order valence-electron chi connectivity index (χ3n) is 5.39. The van der Waals surface area contributed by atoms with Gasteiger partial charge in [0.15, 0.2) is 5.13 Å². The molecule has 3 heterocycles. The molecule has 1 atom stereocenters. The molecule has 0 saturated carbocycles. The van der Waals surface area contributed by atoms with Crippen LogP contribution in [0, 0.1) is 0 Å². The molecule has 7 nitrogen and oxygen atoms in total. The molecule has 2 aromatic rings. The molecule has 0 radical (unpaired) electrons. The summed E-state index contributed by atoms with van der Waals surface area (Å²) in [5.41, 5.74) is 1.93. The summed E-state index contributed by atoms with van der Waals surface area (Å²) in [6, 6.07) is 9.00. The van der Waals surface area contributed by atoms with Crippen LogP contribution in [0.15, 0.2) is 35.7 Å². The summed E-state index contributed by atoms with van der Waals surface area (Å²) in [7, 11) is 0. The normalized spacial score (nSPS) is 19.9. The number of benzene rings is 1. The predicted octanol–water partition coefficient (Wildman–Crippen LogP) is 3.78. The van der Waals surface area contributed by atoms with Crippen molar-refractivity contribution in [3.05, 3.63) is 47.0 Å². The van der Waals surface area contributed by atoms with Gasteiger partial charge in [0, 0.05) is 31.1 Å². The lowest BCUT2D eigenvalue weighted by molar-refractivity contribution is -0.120. The number of amides is 2. The van der Waals surface area contributed by atoms with Crippen molar-refractivity contribution in [1.29, 1.82) is 0 Å². The third-order valence-corrected chi connectivity index (χ3v) is 6.16. The number of ether oxygens (including phenoxy) is 2. The van der Waals surface area contributed by atoms with Gasteiger partial charge >= 0.3 is 6.09 Å². The number of aromatic nitrogens is 1. The maximum absolute atomic E-state index is 12.8. The Morgan fingerprint density at radius 2 is 2.00 bits per heavy atom. The number of hydrogen-bond acceptors (Lipinski definition) is 6. The van der Waals surface area contributed by atoms with Crippen LogP contribution in [-0.2, 0) is 20.9 Å². The molecule has 2 aliphatic rings. The molecule has 2 fully saturated rings. The Hall–Kier alpha value is -2.45. The van der Waals surface area contributed by atoms with Crippen molar-refractivity contribution in [3.8, 4) is 0 Å². The molecule has 0 aliphatic carbocycles. The number of carbonyl (C=O) groups excluding carboxylic acids is 2. The minimum absolute atomic E-state index is 0.200. The lowest BCUT2D eigenvalue weighted by Gasteiger charge is -2.23. The molecule has 8 heteroatoms. The maximum Gasteiger partial charge on any atom is 0.410 e. The van der Waals surface area contributed by atoms with Crippen LogP contribution in [0.3, 0.4) is 0 Å². The van der Waals surface area contributed by atoms with E-state index in [1.165, 1.54) is 16.2 Å². The van der Waals surface area contributed by atoms with E-state index in [0.29, 0.717) is 24.0 Å². The molecule has 29 heavy (non-hydrogen) atoms. The van der Waals surface area contributed by atoms with E-state index in [0.717, 1.165) is 43.7 Å². The average Bonchev–Trinajstić information content (AvgIpc) is 3.43. The smallest absolute Gasteiger partial charge is 0.410 e. The fourth-order valence-electron chi connectivity index (χ4n) is 3.77. The molecule has 1 N–H and O–H groups in total. The summed E-state index contributed by atoms with van der Waals surface area (Å²) < 4.78 is 10.8. The molecular weight excluding hydrogens is 390 g/mol. The van der Waals surface area contributed by atoms with Crippen molar-refractivity contribution < 1.29 is 19.1 Å². The second kappa shape index (κ2) is 9.37. The first-order valence-electron chi connectivity index (χ1n) is 10.0. The number of likely N-dealkylation sites (tertiary alicyclic amines) is 1. The number of nitrogens with one attached hydrogen (secondary N) is 1. The number of thiazole rings is 1. The topological polar surface area (TPSA) is 80.8 Å². The second-order valence-corrected chi connectivity index (χ2v) is 8.20. The zero-order valence-corrected chi connectivity index (χ0v) is 17.0. The first-order chi connectivity index (χ1) is 14.2. The molecule has 2 amide bonds. The van der Waals surface area contributed by atoms with E-state index in [2.05, 4.69) is 10.3 Å². The Balaban J connectivity index is 1.32. The maximum atomic E-state index is 12.8. The standard InChI is InChI=1S/C21H25N3O4S/c25-19(23-20-22-17(14-29-20)16-8-11-27-12-9-16)18-7-4-10-24(18)21(26)28-13-15-5-2-1-3-6-15/h1-3,5-6,14,16,18H,4,7-13H2,(H,22,23,25)/t18-/m1/s1. The van der Waals surface area contributed by atoms with Gasteiger partial charge < -0.3 is 14.8 Å². The molecule has 1 aromatic heterocycles. The van der Waals surface area contributed by atoms with Crippen LogP contribution < -0.4 is 5.32 Å². The Kier molecular flexibility index (Phi) is 6.41. The summed E-state index contributed by atoms with van der Waals surface area (Å²) in [6.07, 6.45) is 2.88. The van der Waals surface area contributed by atoms with Gasteiger partial charge in [-0.05, 0) is 31.2 Å². The molecule has 2 aliphatic heterocycles. The van der Waals surface area contributed by atoms with Gasteiger partial charge in [0.05, 0.1) is 5.69 Å². The molecule has 0 unspecified atom stereocenters. The first kappa shape index (κ1) is 19.8. The molecule has 1 aromatic carbocycles. The fraction of sp³-hybridized carbons (Fsp3) is 0.476. The third kappa shape index (κ3) is 4.94. The Morgan fingerprint density at radius 3 is 2.79 bits per heavy atom. The minimum atomic E-state index is -0.520. The summed E-state index contributed by atoms with van der Waals surface area (Å²) >= 11 is 1.43. The SMILES string of the molecule is O=C(Nc1nc(C2CCOCC2)cs1)[C@H]1CCCN1C(=O)OCc1ccccc1. The van der Waals surface area contributed by atoms with Crippen LogP contribution in [-0.4, -0.2) is 47.7 Å². The first-order valence-corrected chi connectivity index (χ1v) is 10.9. The summed E-state index contributed by atoms with van der Waals surface area (Å²) in [4.78, 5) is 31.4. The highest BCUT2D eigenvalue weighted by Gasteiger charge is 2.35. The van der Waals surface area contributed by atoms with Crippen molar-refractivity contribution in [3.63, 3.8) is 0 Å². The molecule has 0 spiro atoms. The van der Waals surface area contributed by atoms with Gasteiger partial charge in [-0.25, -0.2) is 9.78 Å². The van der Waals surface area contributed by atoms with Crippen LogP contribution in [0.2, 0.25) is 0 Å². The predicted molar refractivity (Wildman–Crippen MR) is 110 cm³/mol.